The first kappa shape index (κ1) is 14.7. The first-order valence-corrected chi connectivity index (χ1v) is 8.75. The summed E-state index contributed by atoms with van der Waals surface area (Å²) in [5.41, 5.74) is 1.51. The number of fused-ring (bicyclic) bond motifs is 3. The van der Waals surface area contributed by atoms with Crippen LogP contribution in [0.2, 0.25) is 0 Å². The van der Waals surface area contributed by atoms with Crippen molar-refractivity contribution in [3.05, 3.63) is 16.8 Å². The zero-order valence-corrected chi connectivity index (χ0v) is 14.0. The molecule has 3 rings (SSSR count). The molecule has 2 aromatic heterocycles. The summed E-state index contributed by atoms with van der Waals surface area (Å²) >= 11 is 1.87. The van der Waals surface area contributed by atoms with Crippen LogP contribution in [-0.2, 0) is 12.8 Å². The molecule has 0 fully saturated rings. The van der Waals surface area contributed by atoms with Gasteiger partial charge in [-0.3, -0.25) is 0 Å². The smallest absolute Gasteiger partial charge is 0.138 e. The number of quaternary nitrogens is 1. The quantitative estimate of drug-likeness (QED) is 0.827. The molecule has 1 atom stereocenters. The van der Waals surface area contributed by atoms with E-state index >= 15 is 0 Å². The second-order valence-corrected chi connectivity index (χ2v) is 7.58. The second-order valence-electron chi connectivity index (χ2n) is 6.49. The number of anilines is 1. The molecular formula is C16H25N4S+. The van der Waals surface area contributed by atoms with Gasteiger partial charge in [-0.05, 0) is 30.7 Å². The summed E-state index contributed by atoms with van der Waals surface area (Å²) in [5.74, 6) is 1.85. The zero-order valence-electron chi connectivity index (χ0n) is 13.2. The molecule has 4 nitrogen and oxygen atoms in total. The second kappa shape index (κ2) is 6.28. The van der Waals surface area contributed by atoms with E-state index in [1.165, 1.54) is 46.5 Å². The number of nitrogens with one attached hydrogen (secondary N) is 2. The minimum Gasteiger partial charge on any atom is -0.369 e. The third kappa shape index (κ3) is 3.19. The highest BCUT2D eigenvalue weighted by molar-refractivity contribution is 7.19. The molecule has 0 aliphatic heterocycles. The van der Waals surface area contributed by atoms with E-state index in [9.17, 15) is 0 Å². The lowest BCUT2D eigenvalue weighted by Crippen LogP contribution is -3.05. The minimum absolute atomic E-state index is 0.804. The predicted molar refractivity (Wildman–Crippen MR) is 89.4 cm³/mol. The number of aryl methyl sites for hydroxylation is 1. The van der Waals surface area contributed by atoms with Crippen LogP contribution in [0, 0.1) is 5.92 Å². The van der Waals surface area contributed by atoms with E-state index in [1.807, 2.05) is 11.3 Å². The van der Waals surface area contributed by atoms with Crippen molar-refractivity contribution in [2.45, 2.75) is 32.6 Å². The van der Waals surface area contributed by atoms with E-state index in [-0.39, 0.29) is 0 Å². The molecular weight excluding hydrogens is 280 g/mol. The molecule has 2 heterocycles. The molecule has 1 unspecified atom stereocenters. The summed E-state index contributed by atoms with van der Waals surface area (Å²) in [4.78, 5) is 13.2. The molecule has 1 aliphatic carbocycles. The summed E-state index contributed by atoms with van der Waals surface area (Å²) in [6, 6.07) is 0. The van der Waals surface area contributed by atoms with Crippen molar-refractivity contribution in [1.82, 2.24) is 9.97 Å². The van der Waals surface area contributed by atoms with Gasteiger partial charge in [0, 0.05) is 17.8 Å². The van der Waals surface area contributed by atoms with Gasteiger partial charge < -0.3 is 10.2 Å². The Morgan fingerprint density at radius 2 is 2.24 bits per heavy atom. The minimum atomic E-state index is 0.804. The first-order chi connectivity index (χ1) is 10.1. The highest BCUT2D eigenvalue weighted by atomic mass is 32.1. The lowest BCUT2D eigenvalue weighted by atomic mass is 9.89. The van der Waals surface area contributed by atoms with Gasteiger partial charge in [-0.1, -0.05) is 6.92 Å². The van der Waals surface area contributed by atoms with Crippen molar-refractivity contribution in [2.75, 3.05) is 32.5 Å². The van der Waals surface area contributed by atoms with Gasteiger partial charge in [0.2, 0.25) is 0 Å². The van der Waals surface area contributed by atoms with Gasteiger partial charge in [-0.15, -0.1) is 11.3 Å². The molecule has 0 radical (unpaired) electrons. The van der Waals surface area contributed by atoms with Crippen LogP contribution in [0.25, 0.3) is 10.2 Å². The van der Waals surface area contributed by atoms with Gasteiger partial charge >= 0.3 is 0 Å². The Morgan fingerprint density at radius 1 is 1.38 bits per heavy atom. The number of thiophene rings is 1. The third-order valence-corrected chi connectivity index (χ3v) is 5.40. The topological polar surface area (TPSA) is 42.2 Å². The Kier molecular flexibility index (Phi) is 4.40. The molecule has 0 saturated heterocycles. The van der Waals surface area contributed by atoms with Crippen LogP contribution < -0.4 is 10.2 Å². The molecule has 2 aromatic rings. The average Bonchev–Trinajstić information content (AvgIpc) is 2.81. The fourth-order valence-corrected chi connectivity index (χ4v) is 4.41. The van der Waals surface area contributed by atoms with Crippen molar-refractivity contribution < 1.29 is 4.90 Å². The standard InChI is InChI=1S/C16H24N4S/c1-11-5-6-12-13(9-11)21-16-14(12)15(18-10-19-16)17-7-4-8-20(2)3/h10-11H,4-9H2,1-3H3,(H,17,18,19)/p+1. The summed E-state index contributed by atoms with van der Waals surface area (Å²) in [7, 11) is 4.39. The Labute approximate surface area is 130 Å². The molecule has 114 valence electrons. The maximum atomic E-state index is 4.50. The van der Waals surface area contributed by atoms with Crippen LogP contribution in [0.1, 0.15) is 30.2 Å². The van der Waals surface area contributed by atoms with Gasteiger partial charge in [0.25, 0.3) is 0 Å². The van der Waals surface area contributed by atoms with E-state index in [2.05, 4.69) is 36.3 Å². The summed E-state index contributed by atoms with van der Waals surface area (Å²) in [6.45, 7) is 4.51. The molecule has 0 spiro atoms. The van der Waals surface area contributed by atoms with Crippen LogP contribution in [0.3, 0.4) is 0 Å². The van der Waals surface area contributed by atoms with Gasteiger partial charge in [-0.2, -0.15) is 0 Å². The van der Waals surface area contributed by atoms with Crippen LogP contribution in [0.5, 0.6) is 0 Å². The molecule has 0 amide bonds. The molecule has 0 aromatic carbocycles. The molecule has 1 aliphatic rings. The molecule has 5 heteroatoms. The molecule has 21 heavy (non-hydrogen) atoms. The highest BCUT2D eigenvalue weighted by Crippen LogP contribution is 2.39. The van der Waals surface area contributed by atoms with Crippen molar-refractivity contribution in [3.8, 4) is 0 Å². The highest BCUT2D eigenvalue weighted by Gasteiger charge is 2.22. The van der Waals surface area contributed by atoms with E-state index in [0.29, 0.717) is 0 Å². The maximum absolute atomic E-state index is 4.50. The molecule has 0 bridgehead atoms. The predicted octanol–water partition coefficient (Wildman–Crippen LogP) is 1.76. The average molecular weight is 305 g/mol. The van der Waals surface area contributed by atoms with E-state index < -0.39 is 0 Å². The van der Waals surface area contributed by atoms with Crippen LogP contribution in [0.4, 0.5) is 5.82 Å². The number of nitrogens with zero attached hydrogens (tertiary/aromatic N) is 2. The summed E-state index contributed by atoms with van der Waals surface area (Å²) in [5, 5.41) is 4.83. The van der Waals surface area contributed by atoms with Crippen LogP contribution in [0.15, 0.2) is 6.33 Å². The van der Waals surface area contributed by atoms with Gasteiger partial charge in [-0.25, -0.2) is 9.97 Å². The lowest BCUT2D eigenvalue weighted by Gasteiger charge is -2.18. The van der Waals surface area contributed by atoms with Gasteiger partial charge in [0.15, 0.2) is 0 Å². The lowest BCUT2D eigenvalue weighted by molar-refractivity contribution is -0.858. The van der Waals surface area contributed by atoms with Gasteiger partial charge in [0.05, 0.1) is 26.0 Å². The normalized spacial score (nSPS) is 18.2. The Hall–Kier alpha value is -1.20. The fourth-order valence-electron chi connectivity index (χ4n) is 3.06. The summed E-state index contributed by atoms with van der Waals surface area (Å²) in [6.07, 6.45) is 6.54. The number of hydrogen-bond acceptors (Lipinski definition) is 4. The first-order valence-electron chi connectivity index (χ1n) is 7.93. The molecule has 0 saturated carbocycles. The van der Waals surface area contributed by atoms with E-state index in [1.54, 1.807) is 6.33 Å². The Morgan fingerprint density at radius 3 is 3.05 bits per heavy atom. The van der Waals surface area contributed by atoms with E-state index in [4.69, 9.17) is 0 Å². The monoisotopic (exact) mass is 305 g/mol. The number of hydrogen-bond donors (Lipinski definition) is 2. The Bertz CT molecular complexity index is 620. The Balaban J connectivity index is 1.82. The van der Waals surface area contributed by atoms with Crippen molar-refractivity contribution in [3.63, 3.8) is 0 Å². The third-order valence-electron chi connectivity index (χ3n) is 4.24. The maximum Gasteiger partial charge on any atom is 0.138 e. The SMILES string of the molecule is CC1CCc2c(sc3ncnc(NCCC[NH+](C)C)c23)C1. The summed E-state index contributed by atoms with van der Waals surface area (Å²) < 4.78 is 0. The zero-order chi connectivity index (χ0) is 14.8. The van der Waals surface area contributed by atoms with Crippen LogP contribution in [-0.4, -0.2) is 37.2 Å². The molecule has 2 N–H and O–H groups in total. The van der Waals surface area contributed by atoms with Crippen molar-refractivity contribution >= 4 is 27.4 Å². The van der Waals surface area contributed by atoms with Crippen molar-refractivity contribution in [1.29, 1.82) is 0 Å². The van der Waals surface area contributed by atoms with E-state index in [0.717, 1.165) is 29.5 Å². The fraction of sp³-hybridized carbons (Fsp3) is 0.625. The number of rotatable bonds is 5. The van der Waals surface area contributed by atoms with Crippen molar-refractivity contribution in [2.24, 2.45) is 5.92 Å². The van der Waals surface area contributed by atoms with Crippen LogP contribution >= 0.6 is 11.3 Å². The largest absolute Gasteiger partial charge is 0.369 e. The van der Waals surface area contributed by atoms with Gasteiger partial charge in [0.1, 0.15) is 17.0 Å². The number of aromatic nitrogens is 2.